The van der Waals surface area contributed by atoms with Crippen LogP contribution in [0.1, 0.15) is 15.9 Å². The Morgan fingerprint density at radius 2 is 1.83 bits per heavy atom. The number of amides is 1. The van der Waals surface area contributed by atoms with Gasteiger partial charge in [0, 0.05) is 12.7 Å². The molecular weight excluding hydrogens is 294 g/mol. The summed E-state index contributed by atoms with van der Waals surface area (Å²) in [6.45, 7) is 0.0756. The van der Waals surface area contributed by atoms with Crippen LogP contribution in [0.5, 0.6) is 5.75 Å². The van der Waals surface area contributed by atoms with Crippen LogP contribution < -0.4 is 10.1 Å². The van der Waals surface area contributed by atoms with Gasteiger partial charge in [0.25, 0.3) is 5.91 Å². The van der Waals surface area contributed by atoms with Crippen molar-refractivity contribution in [2.45, 2.75) is 12.5 Å². The van der Waals surface area contributed by atoms with E-state index < -0.39 is 0 Å². The lowest BCUT2D eigenvalue weighted by molar-refractivity contribution is 0.0511. The molecule has 0 spiro atoms. The number of aliphatic hydroxyl groups excluding tert-OH is 1. The van der Waals surface area contributed by atoms with Gasteiger partial charge in [0.05, 0.1) is 12.6 Å². The summed E-state index contributed by atoms with van der Waals surface area (Å²) in [7, 11) is 1.57. The minimum Gasteiger partial charge on any atom is -0.468 e. The molecule has 2 N–H and O–H groups in total. The number of rotatable bonds is 8. The lowest BCUT2D eigenvalue weighted by Gasteiger charge is -2.16. The fraction of sp³-hybridized carbons (Fsp3) is 0.278. The van der Waals surface area contributed by atoms with Crippen molar-refractivity contribution in [2.24, 2.45) is 0 Å². The van der Waals surface area contributed by atoms with Crippen LogP contribution in [0.2, 0.25) is 0 Å². The number of methoxy groups -OCH3 is 1. The van der Waals surface area contributed by atoms with E-state index in [4.69, 9.17) is 9.47 Å². The molecule has 122 valence electrons. The van der Waals surface area contributed by atoms with Crippen molar-refractivity contribution in [3.8, 4) is 5.75 Å². The molecule has 0 heterocycles. The summed E-state index contributed by atoms with van der Waals surface area (Å²) in [5.74, 6) is 0.522. The predicted molar refractivity (Wildman–Crippen MR) is 87.4 cm³/mol. The van der Waals surface area contributed by atoms with E-state index in [1.807, 2.05) is 42.5 Å². The van der Waals surface area contributed by atoms with Crippen LogP contribution in [-0.2, 0) is 11.2 Å². The molecule has 1 amide bonds. The Kier molecular flexibility index (Phi) is 6.59. The molecule has 5 nitrogen and oxygen atoms in total. The summed E-state index contributed by atoms with van der Waals surface area (Å²) in [5, 5.41) is 12.3. The highest BCUT2D eigenvalue weighted by Crippen LogP contribution is 2.13. The molecule has 0 aliphatic heterocycles. The Morgan fingerprint density at radius 1 is 1.13 bits per heavy atom. The Morgan fingerprint density at radius 3 is 2.43 bits per heavy atom. The lowest BCUT2D eigenvalue weighted by Crippen LogP contribution is -2.39. The second kappa shape index (κ2) is 8.92. The smallest absolute Gasteiger partial charge is 0.251 e. The highest BCUT2D eigenvalue weighted by Gasteiger charge is 2.13. The molecule has 0 saturated heterocycles. The summed E-state index contributed by atoms with van der Waals surface area (Å²) < 4.78 is 10.2. The fourth-order valence-corrected chi connectivity index (χ4v) is 2.15. The third-order valence-corrected chi connectivity index (χ3v) is 3.34. The summed E-state index contributed by atoms with van der Waals surface area (Å²) >= 11 is 0. The maximum absolute atomic E-state index is 12.1. The van der Waals surface area contributed by atoms with Crippen LogP contribution in [0.25, 0.3) is 0 Å². The largest absolute Gasteiger partial charge is 0.468 e. The molecule has 1 atom stereocenters. The van der Waals surface area contributed by atoms with Crippen molar-refractivity contribution in [3.63, 3.8) is 0 Å². The van der Waals surface area contributed by atoms with E-state index in [1.54, 1.807) is 19.2 Å². The molecule has 0 saturated carbocycles. The Balaban J connectivity index is 1.92. The van der Waals surface area contributed by atoms with Crippen LogP contribution >= 0.6 is 0 Å². The first-order chi connectivity index (χ1) is 11.2. The standard InChI is InChI=1S/C18H21NO4/c1-22-13-23-17-9-7-14(8-10-17)11-16(12-20)19-18(21)15-5-3-2-4-6-15/h2-10,16,20H,11-13H2,1H3,(H,19,21). The first-order valence-electron chi connectivity index (χ1n) is 7.40. The Labute approximate surface area is 135 Å². The van der Waals surface area contributed by atoms with Crippen molar-refractivity contribution in [2.75, 3.05) is 20.5 Å². The monoisotopic (exact) mass is 315 g/mol. The molecule has 0 aliphatic carbocycles. The van der Waals surface area contributed by atoms with Gasteiger partial charge in [0.1, 0.15) is 5.75 Å². The summed E-state index contributed by atoms with van der Waals surface area (Å²) in [6, 6.07) is 16.1. The van der Waals surface area contributed by atoms with Gasteiger partial charge in [-0.1, -0.05) is 30.3 Å². The number of hydrogen-bond acceptors (Lipinski definition) is 4. The van der Waals surface area contributed by atoms with Crippen molar-refractivity contribution >= 4 is 5.91 Å². The topological polar surface area (TPSA) is 67.8 Å². The number of carbonyl (C=O) groups is 1. The maximum Gasteiger partial charge on any atom is 0.251 e. The van der Waals surface area contributed by atoms with E-state index >= 15 is 0 Å². The predicted octanol–water partition coefficient (Wildman–Crippen LogP) is 2.00. The maximum atomic E-state index is 12.1. The zero-order valence-electron chi connectivity index (χ0n) is 13.1. The lowest BCUT2D eigenvalue weighted by atomic mass is 10.1. The number of carbonyl (C=O) groups excluding carboxylic acids is 1. The molecule has 0 fully saturated rings. The highest BCUT2D eigenvalue weighted by molar-refractivity contribution is 5.94. The molecule has 0 bridgehead atoms. The average molecular weight is 315 g/mol. The summed E-state index contributed by atoms with van der Waals surface area (Å²) in [5.41, 5.74) is 1.58. The van der Waals surface area contributed by atoms with Gasteiger partial charge in [-0.2, -0.15) is 0 Å². The summed E-state index contributed by atoms with van der Waals surface area (Å²) in [4.78, 5) is 12.1. The van der Waals surface area contributed by atoms with Crippen molar-refractivity contribution < 1.29 is 19.4 Å². The number of hydrogen-bond donors (Lipinski definition) is 2. The Bertz CT molecular complexity index is 598. The third kappa shape index (κ3) is 5.39. The van der Waals surface area contributed by atoms with Gasteiger partial charge in [0.2, 0.25) is 0 Å². The zero-order chi connectivity index (χ0) is 16.5. The van der Waals surface area contributed by atoms with Gasteiger partial charge < -0.3 is 19.9 Å². The molecule has 5 heteroatoms. The normalized spacial score (nSPS) is 11.7. The molecule has 2 aromatic rings. The van der Waals surface area contributed by atoms with Gasteiger partial charge in [-0.25, -0.2) is 0 Å². The SMILES string of the molecule is COCOc1ccc(CC(CO)NC(=O)c2ccccc2)cc1. The second-order valence-corrected chi connectivity index (χ2v) is 5.12. The third-order valence-electron chi connectivity index (χ3n) is 3.34. The molecule has 23 heavy (non-hydrogen) atoms. The number of aliphatic hydroxyl groups is 1. The Hall–Kier alpha value is -2.37. The van der Waals surface area contributed by atoms with E-state index in [1.165, 1.54) is 0 Å². The van der Waals surface area contributed by atoms with Crippen LogP contribution in [0.15, 0.2) is 54.6 Å². The molecule has 2 aromatic carbocycles. The first kappa shape index (κ1) is 17.0. The molecule has 2 rings (SSSR count). The summed E-state index contributed by atoms with van der Waals surface area (Å²) in [6.07, 6.45) is 0.541. The van der Waals surface area contributed by atoms with Gasteiger partial charge in [0.15, 0.2) is 6.79 Å². The van der Waals surface area contributed by atoms with E-state index in [2.05, 4.69) is 5.32 Å². The average Bonchev–Trinajstić information content (AvgIpc) is 2.61. The van der Waals surface area contributed by atoms with Crippen LogP contribution in [-0.4, -0.2) is 37.6 Å². The number of nitrogens with one attached hydrogen (secondary N) is 1. The van der Waals surface area contributed by atoms with E-state index in [-0.39, 0.29) is 25.3 Å². The number of ether oxygens (including phenoxy) is 2. The highest BCUT2D eigenvalue weighted by atomic mass is 16.7. The quantitative estimate of drug-likeness (QED) is 0.731. The van der Waals surface area contributed by atoms with Crippen molar-refractivity contribution in [3.05, 3.63) is 65.7 Å². The van der Waals surface area contributed by atoms with Crippen LogP contribution in [0.3, 0.4) is 0 Å². The first-order valence-corrected chi connectivity index (χ1v) is 7.40. The fourth-order valence-electron chi connectivity index (χ4n) is 2.15. The molecule has 0 radical (unpaired) electrons. The van der Waals surface area contributed by atoms with Gasteiger partial charge in [-0.05, 0) is 36.2 Å². The van der Waals surface area contributed by atoms with E-state index in [0.29, 0.717) is 17.7 Å². The minimum absolute atomic E-state index is 0.125. The molecule has 1 unspecified atom stereocenters. The minimum atomic E-state index is -0.339. The molecular formula is C18H21NO4. The van der Waals surface area contributed by atoms with E-state index in [9.17, 15) is 9.90 Å². The van der Waals surface area contributed by atoms with Crippen molar-refractivity contribution in [1.82, 2.24) is 5.32 Å². The van der Waals surface area contributed by atoms with Crippen molar-refractivity contribution in [1.29, 1.82) is 0 Å². The molecule has 0 aliphatic rings. The molecule has 0 aromatic heterocycles. The number of benzene rings is 2. The zero-order valence-corrected chi connectivity index (χ0v) is 13.1. The van der Waals surface area contributed by atoms with Crippen LogP contribution in [0.4, 0.5) is 0 Å². The van der Waals surface area contributed by atoms with Gasteiger partial charge in [-0.3, -0.25) is 4.79 Å². The van der Waals surface area contributed by atoms with Gasteiger partial charge >= 0.3 is 0 Å². The van der Waals surface area contributed by atoms with E-state index in [0.717, 1.165) is 5.56 Å². The second-order valence-electron chi connectivity index (χ2n) is 5.12. The van der Waals surface area contributed by atoms with Crippen LogP contribution in [0, 0.1) is 0 Å². The van der Waals surface area contributed by atoms with Gasteiger partial charge in [-0.15, -0.1) is 0 Å².